The highest BCUT2D eigenvalue weighted by atomic mass is 16.3. The molecule has 1 aliphatic heterocycles. The Kier molecular flexibility index (Phi) is 17.8. The Morgan fingerprint density at radius 2 is 1.05 bits per heavy atom. The number of rotatable bonds is 22. The maximum Gasteiger partial charge on any atom is 0.243 e. The van der Waals surface area contributed by atoms with Gasteiger partial charge in [-0.1, -0.05) is 109 Å². The van der Waals surface area contributed by atoms with Crippen molar-refractivity contribution in [3.8, 4) is 22.3 Å². The summed E-state index contributed by atoms with van der Waals surface area (Å²) in [5, 5.41) is 24.4. The Balaban J connectivity index is 1.36. The number of carbonyl (C=O) groups excluding carboxylic acids is 4. The Labute approximate surface area is 362 Å². The summed E-state index contributed by atoms with van der Waals surface area (Å²) in [7, 11) is 0. The first-order chi connectivity index (χ1) is 29.9. The van der Waals surface area contributed by atoms with Crippen LogP contribution in [-0.4, -0.2) is 90.7 Å². The van der Waals surface area contributed by atoms with Gasteiger partial charge in [0.2, 0.25) is 23.6 Å². The van der Waals surface area contributed by atoms with E-state index in [-0.39, 0.29) is 37.7 Å². The van der Waals surface area contributed by atoms with E-state index in [4.69, 9.17) is 22.9 Å². The molecular weight excluding hydrogens is 787 g/mol. The number of nitrogens with zero attached hydrogens (tertiary/aromatic N) is 2. The topological polar surface area (TPSA) is 277 Å². The van der Waals surface area contributed by atoms with Gasteiger partial charge in [-0.25, -0.2) is 0 Å². The number of aliphatic hydroxyl groups is 1. The second-order valence-corrected chi connectivity index (χ2v) is 15.3. The third-order valence-electron chi connectivity index (χ3n) is 10.5. The SMILES string of the molecule is NC(N)=NCCCCNC(=O)[C@H](Cc1ccc(-c2ccccc2)cc1)NC(=O)[C@H](CCCN=C(N)N)NC(=O)[C@H](Cc1ccc(-c2ccccc2)cc1)NC(=O)C1CCC(O)N1. The number of aliphatic hydroxyl groups excluding tert-OH is 1. The van der Waals surface area contributed by atoms with Gasteiger partial charge < -0.3 is 49.3 Å². The molecule has 1 heterocycles. The smallest absolute Gasteiger partial charge is 0.243 e. The van der Waals surface area contributed by atoms with E-state index < -0.39 is 54.0 Å². The summed E-state index contributed by atoms with van der Waals surface area (Å²) in [5.74, 6) is -2.20. The van der Waals surface area contributed by atoms with Gasteiger partial charge in [-0.05, 0) is 71.9 Å². The second-order valence-electron chi connectivity index (χ2n) is 15.3. The molecule has 5 atom stereocenters. The first-order valence-corrected chi connectivity index (χ1v) is 21.0. The van der Waals surface area contributed by atoms with Crippen LogP contribution in [0.15, 0.2) is 119 Å². The molecule has 0 aromatic heterocycles. The van der Waals surface area contributed by atoms with Gasteiger partial charge in [-0.2, -0.15) is 0 Å². The van der Waals surface area contributed by atoms with Crippen LogP contribution < -0.4 is 49.5 Å². The fourth-order valence-electron chi connectivity index (χ4n) is 7.12. The van der Waals surface area contributed by atoms with Gasteiger partial charge in [-0.15, -0.1) is 0 Å². The van der Waals surface area contributed by atoms with E-state index in [1.165, 1.54) is 0 Å². The number of benzene rings is 4. The zero-order chi connectivity index (χ0) is 44.3. The van der Waals surface area contributed by atoms with Crippen LogP contribution in [0, 0.1) is 0 Å². The maximum atomic E-state index is 14.3. The van der Waals surface area contributed by atoms with E-state index in [0.717, 1.165) is 33.4 Å². The number of carbonyl (C=O) groups is 4. The number of amides is 4. The first kappa shape index (κ1) is 46.3. The van der Waals surface area contributed by atoms with Gasteiger partial charge in [0.05, 0.1) is 6.04 Å². The van der Waals surface area contributed by atoms with Crippen molar-refractivity contribution in [2.24, 2.45) is 32.9 Å². The summed E-state index contributed by atoms with van der Waals surface area (Å²) in [6.07, 6.45) is 1.86. The average Bonchev–Trinajstić information content (AvgIpc) is 3.72. The van der Waals surface area contributed by atoms with Gasteiger partial charge in [0, 0.05) is 32.5 Å². The largest absolute Gasteiger partial charge is 0.379 e. The quantitative estimate of drug-likeness (QED) is 0.0310. The number of unbranched alkanes of at least 4 members (excludes halogenated alkanes) is 1. The Bertz CT molecular complexity index is 2110. The lowest BCUT2D eigenvalue weighted by Gasteiger charge is -2.26. The molecule has 4 aromatic rings. The van der Waals surface area contributed by atoms with E-state index in [9.17, 15) is 24.3 Å². The van der Waals surface area contributed by atoms with Gasteiger partial charge in [0.1, 0.15) is 24.4 Å². The zero-order valence-corrected chi connectivity index (χ0v) is 34.8. The average molecular weight is 846 g/mol. The number of nitrogens with one attached hydrogen (secondary N) is 5. The molecular formula is C46H59N11O5. The highest BCUT2D eigenvalue weighted by Gasteiger charge is 2.33. The number of hydrogen-bond donors (Lipinski definition) is 10. The molecule has 1 aliphatic rings. The van der Waals surface area contributed by atoms with Crippen LogP contribution in [0.1, 0.15) is 49.7 Å². The highest BCUT2D eigenvalue weighted by molar-refractivity contribution is 5.95. The molecule has 62 heavy (non-hydrogen) atoms. The number of aliphatic imine (C=N–C) groups is 2. The highest BCUT2D eigenvalue weighted by Crippen LogP contribution is 2.22. The van der Waals surface area contributed by atoms with Crippen molar-refractivity contribution in [1.82, 2.24) is 26.6 Å². The lowest BCUT2D eigenvalue weighted by Crippen LogP contribution is -2.58. The Morgan fingerprint density at radius 3 is 1.55 bits per heavy atom. The van der Waals surface area contributed by atoms with E-state index in [1.807, 2.05) is 109 Å². The molecule has 2 unspecified atom stereocenters. The monoisotopic (exact) mass is 845 g/mol. The van der Waals surface area contributed by atoms with Crippen molar-refractivity contribution in [3.05, 3.63) is 120 Å². The molecule has 4 aromatic carbocycles. The minimum atomic E-state index is -1.14. The molecule has 14 N–H and O–H groups in total. The molecule has 0 saturated carbocycles. The minimum absolute atomic E-state index is 0.00751. The molecule has 16 nitrogen and oxygen atoms in total. The lowest BCUT2D eigenvalue weighted by molar-refractivity contribution is -0.134. The van der Waals surface area contributed by atoms with Gasteiger partial charge in [0.15, 0.2) is 11.9 Å². The first-order valence-electron chi connectivity index (χ1n) is 21.0. The van der Waals surface area contributed by atoms with Crippen molar-refractivity contribution >= 4 is 35.5 Å². The van der Waals surface area contributed by atoms with Crippen LogP contribution in [0.3, 0.4) is 0 Å². The second kappa shape index (κ2) is 23.9. The summed E-state index contributed by atoms with van der Waals surface area (Å²) < 4.78 is 0. The summed E-state index contributed by atoms with van der Waals surface area (Å²) in [5.41, 5.74) is 27.6. The number of nitrogens with two attached hydrogens (primary N) is 4. The number of guanidine groups is 2. The number of hydrogen-bond acceptors (Lipinski definition) is 8. The standard InChI is InChI=1S/C46H59N11O5/c47-45(48)52-26-8-7-25-51-41(59)38(28-30-15-19-34(20-16-30)32-10-3-1-4-11-32)56-42(60)36(14-9-27-53-46(49)50)55-44(62)39(57-43(61)37-23-24-40(58)54-37)29-31-17-21-35(22-18-31)33-12-5-2-6-13-33/h1-6,10-13,15-22,36-40,54,58H,7-9,14,23-29H2,(H,51,59)(H,55,62)(H,56,60)(H,57,61)(H4,47,48,52)(H4,49,50,53)/t36-,37?,38-,39-,40?/m0/s1. The molecule has 328 valence electrons. The summed E-state index contributed by atoms with van der Waals surface area (Å²) in [6, 6.07) is 31.2. The maximum absolute atomic E-state index is 14.3. The van der Waals surface area contributed by atoms with Crippen molar-refractivity contribution in [1.29, 1.82) is 0 Å². The minimum Gasteiger partial charge on any atom is -0.379 e. The van der Waals surface area contributed by atoms with Crippen molar-refractivity contribution in [2.45, 2.75) is 81.8 Å². The zero-order valence-electron chi connectivity index (χ0n) is 34.8. The van der Waals surface area contributed by atoms with Crippen LogP contribution in [0.2, 0.25) is 0 Å². The third kappa shape index (κ3) is 15.0. The van der Waals surface area contributed by atoms with Crippen molar-refractivity contribution < 1.29 is 24.3 Å². The van der Waals surface area contributed by atoms with Crippen molar-refractivity contribution in [2.75, 3.05) is 19.6 Å². The van der Waals surface area contributed by atoms with E-state index in [1.54, 1.807) is 0 Å². The molecule has 4 amide bonds. The lowest BCUT2D eigenvalue weighted by atomic mass is 9.99. The molecule has 0 bridgehead atoms. The van der Waals surface area contributed by atoms with Crippen LogP contribution in [0.25, 0.3) is 22.3 Å². The van der Waals surface area contributed by atoms with Crippen LogP contribution in [-0.2, 0) is 32.0 Å². The van der Waals surface area contributed by atoms with Gasteiger partial charge >= 0.3 is 0 Å². The fourth-order valence-corrected chi connectivity index (χ4v) is 7.12. The predicted molar refractivity (Wildman–Crippen MR) is 242 cm³/mol. The van der Waals surface area contributed by atoms with Gasteiger partial charge in [-0.3, -0.25) is 34.5 Å². The normalized spacial score (nSPS) is 15.9. The molecule has 0 aliphatic carbocycles. The molecule has 16 heteroatoms. The molecule has 0 radical (unpaired) electrons. The Morgan fingerprint density at radius 1 is 0.581 bits per heavy atom. The van der Waals surface area contributed by atoms with Crippen molar-refractivity contribution in [3.63, 3.8) is 0 Å². The summed E-state index contributed by atoms with van der Waals surface area (Å²) >= 11 is 0. The van der Waals surface area contributed by atoms with E-state index in [2.05, 4.69) is 36.6 Å². The summed E-state index contributed by atoms with van der Waals surface area (Å²) in [4.78, 5) is 63.9. The molecule has 1 saturated heterocycles. The third-order valence-corrected chi connectivity index (χ3v) is 10.5. The summed E-state index contributed by atoms with van der Waals surface area (Å²) in [6.45, 7) is 0.910. The van der Waals surface area contributed by atoms with Crippen LogP contribution in [0.5, 0.6) is 0 Å². The van der Waals surface area contributed by atoms with E-state index >= 15 is 0 Å². The molecule has 5 rings (SSSR count). The van der Waals surface area contributed by atoms with Gasteiger partial charge in [0.25, 0.3) is 0 Å². The van der Waals surface area contributed by atoms with Crippen LogP contribution in [0.4, 0.5) is 0 Å². The fraction of sp³-hybridized carbons (Fsp3) is 0.348. The molecule has 0 spiro atoms. The Hall–Kier alpha value is -6.78. The molecule has 1 fully saturated rings. The van der Waals surface area contributed by atoms with E-state index in [0.29, 0.717) is 45.2 Å². The van der Waals surface area contributed by atoms with Crippen LogP contribution >= 0.6 is 0 Å². The predicted octanol–water partition coefficient (Wildman–Crippen LogP) is 1.55.